The summed E-state index contributed by atoms with van der Waals surface area (Å²) in [7, 11) is 3.49. The molecule has 0 bridgehead atoms. The third-order valence-corrected chi connectivity index (χ3v) is 1.94. The molecule has 4 heteroatoms. The second kappa shape index (κ2) is 8.03. The van der Waals surface area contributed by atoms with Crippen LogP contribution in [0.1, 0.15) is 25.7 Å². The number of carbonyl (C=O) groups is 2. The van der Waals surface area contributed by atoms with Crippen molar-refractivity contribution in [1.29, 1.82) is 0 Å². The van der Waals surface area contributed by atoms with E-state index in [2.05, 4.69) is 6.58 Å². The molecule has 0 aromatic carbocycles. The first-order valence-corrected chi connectivity index (χ1v) is 5.07. The summed E-state index contributed by atoms with van der Waals surface area (Å²) >= 11 is 0. The molecule has 0 spiro atoms. The average molecular weight is 213 g/mol. The number of hydrogen-bond donors (Lipinski definition) is 0. The highest BCUT2D eigenvalue weighted by Gasteiger charge is 2.02. The second-order valence-corrected chi connectivity index (χ2v) is 3.47. The van der Waals surface area contributed by atoms with Crippen molar-refractivity contribution in [3.05, 3.63) is 12.7 Å². The summed E-state index contributed by atoms with van der Waals surface area (Å²) in [5, 5.41) is 0. The standard InChI is InChI=1S/C11H19NO3/c1-4-11(14)15-9-7-5-6-8-10(13)12(2)3/h4H,1,5-9H2,2-3H3. The second-order valence-electron chi connectivity index (χ2n) is 3.47. The van der Waals surface area contributed by atoms with Gasteiger partial charge in [0.25, 0.3) is 0 Å². The van der Waals surface area contributed by atoms with E-state index >= 15 is 0 Å². The van der Waals surface area contributed by atoms with Gasteiger partial charge >= 0.3 is 5.97 Å². The van der Waals surface area contributed by atoms with Gasteiger partial charge in [-0.2, -0.15) is 0 Å². The maximum absolute atomic E-state index is 11.2. The van der Waals surface area contributed by atoms with E-state index in [1.54, 1.807) is 19.0 Å². The summed E-state index contributed by atoms with van der Waals surface area (Å²) in [6.45, 7) is 3.70. The Morgan fingerprint density at radius 1 is 1.27 bits per heavy atom. The lowest BCUT2D eigenvalue weighted by Crippen LogP contribution is -2.21. The molecule has 0 atom stereocenters. The minimum Gasteiger partial charge on any atom is -0.463 e. The summed E-state index contributed by atoms with van der Waals surface area (Å²) in [5.74, 6) is -0.252. The number of unbranched alkanes of at least 4 members (excludes halogenated alkanes) is 2. The van der Waals surface area contributed by atoms with Gasteiger partial charge in [-0.1, -0.05) is 6.58 Å². The van der Waals surface area contributed by atoms with Crippen LogP contribution < -0.4 is 0 Å². The van der Waals surface area contributed by atoms with Gasteiger partial charge in [-0.15, -0.1) is 0 Å². The van der Waals surface area contributed by atoms with Gasteiger partial charge in [0, 0.05) is 26.6 Å². The first-order valence-electron chi connectivity index (χ1n) is 5.07. The third-order valence-electron chi connectivity index (χ3n) is 1.94. The van der Waals surface area contributed by atoms with Crippen molar-refractivity contribution >= 4 is 11.9 Å². The number of hydrogen-bond acceptors (Lipinski definition) is 3. The fourth-order valence-corrected chi connectivity index (χ4v) is 1.01. The molecule has 15 heavy (non-hydrogen) atoms. The summed E-state index contributed by atoms with van der Waals surface area (Å²) in [4.78, 5) is 23.4. The molecule has 0 fully saturated rings. The van der Waals surface area contributed by atoms with Gasteiger partial charge in [-0.25, -0.2) is 4.79 Å². The molecule has 0 radical (unpaired) electrons. The maximum Gasteiger partial charge on any atom is 0.330 e. The molecule has 4 nitrogen and oxygen atoms in total. The van der Waals surface area contributed by atoms with Crippen LogP contribution in [0.25, 0.3) is 0 Å². The highest BCUT2D eigenvalue weighted by atomic mass is 16.5. The first-order chi connectivity index (χ1) is 7.07. The van der Waals surface area contributed by atoms with Crippen LogP contribution >= 0.6 is 0 Å². The van der Waals surface area contributed by atoms with E-state index < -0.39 is 0 Å². The van der Waals surface area contributed by atoms with E-state index in [4.69, 9.17) is 4.74 Å². The van der Waals surface area contributed by atoms with Crippen molar-refractivity contribution < 1.29 is 14.3 Å². The lowest BCUT2D eigenvalue weighted by molar-refractivity contribution is -0.138. The lowest BCUT2D eigenvalue weighted by Gasteiger charge is -2.09. The van der Waals surface area contributed by atoms with Crippen LogP contribution in [0, 0.1) is 0 Å². The number of rotatable bonds is 7. The zero-order valence-corrected chi connectivity index (χ0v) is 9.49. The molecule has 0 aromatic heterocycles. The number of esters is 1. The Bertz CT molecular complexity index is 224. The van der Waals surface area contributed by atoms with Crippen LogP contribution in [-0.2, 0) is 14.3 Å². The zero-order chi connectivity index (χ0) is 11.7. The number of nitrogens with zero attached hydrogens (tertiary/aromatic N) is 1. The molecule has 0 N–H and O–H groups in total. The van der Waals surface area contributed by atoms with Gasteiger partial charge in [-0.3, -0.25) is 4.79 Å². The molecule has 0 rings (SSSR count). The number of ether oxygens (including phenoxy) is 1. The van der Waals surface area contributed by atoms with Crippen molar-refractivity contribution in [1.82, 2.24) is 4.90 Å². The Morgan fingerprint density at radius 3 is 2.47 bits per heavy atom. The predicted octanol–water partition coefficient (Wildman–Crippen LogP) is 1.36. The monoisotopic (exact) mass is 213 g/mol. The molecule has 0 aromatic rings. The van der Waals surface area contributed by atoms with Gasteiger partial charge in [0.15, 0.2) is 0 Å². The Hall–Kier alpha value is -1.32. The smallest absolute Gasteiger partial charge is 0.330 e. The fraction of sp³-hybridized carbons (Fsp3) is 0.636. The SMILES string of the molecule is C=CC(=O)OCCCCCC(=O)N(C)C. The zero-order valence-electron chi connectivity index (χ0n) is 9.49. The van der Waals surface area contributed by atoms with Crippen LogP contribution in [0.2, 0.25) is 0 Å². The van der Waals surface area contributed by atoms with Gasteiger partial charge in [0.05, 0.1) is 6.61 Å². The number of carbonyl (C=O) groups excluding carboxylic acids is 2. The molecular weight excluding hydrogens is 194 g/mol. The van der Waals surface area contributed by atoms with E-state index in [1.165, 1.54) is 0 Å². The van der Waals surface area contributed by atoms with Crippen molar-refractivity contribution in [2.24, 2.45) is 0 Å². The minimum absolute atomic E-state index is 0.137. The predicted molar refractivity (Wildman–Crippen MR) is 58.3 cm³/mol. The minimum atomic E-state index is -0.389. The van der Waals surface area contributed by atoms with Crippen molar-refractivity contribution in [2.75, 3.05) is 20.7 Å². The molecule has 0 heterocycles. The van der Waals surface area contributed by atoms with Gasteiger partial charge in [0.1, 0.15) is 0 Å². The van der Waals surface area contributed by atoms with Crippen LogP contribution in [-0.4, -0.2) is 37.5 Å². The van der Waals surface area contributed by atoms with E-state index in [0.29, 0.717) is 13.0 Å². The van der Waals surface area contributed by atoms with E-state index in [9.17, 15) is 9.59 Å². The molecular formula is C11H19NO3. The Kier molecular flexibility index (Phi) is 7.32. The van der Waals surface area contributed by atoms with E-state index in [-0.39, 0.29) is 11.9 Å². The van der Waals surface area contributed by atoms with Crippen LogP contribution in [0.4, 0.5) is 0 Å². The highest BCUT2D eigenvalue weighted by Crippen LogP contribution is 2.02. The third kappa shape index (κ3) is 7.73. The van der Waals surface area contributed by atoms with Gasteiger partial charge in [0.2, 0.25) is 5.91 Å². The van der Waals surface area contributed by atoms with Crippen LogP contribution in [0.15, 0.2) is 12.7 Å². The van der Waals surface area contributed by atoms with Crippen molar-refractivity contribution in [3.63, 3.8) is 0 Å². The molecule has 0 aliphatic rings. The normalized spacial score (nSPS) is 9.47. The molecule has 0 saturated carbocycles. The van der Waals surface area contributed by atoms with Crippen LogP contribution in [0.3, 0.4) is 0 Å². The number of amides is 1. The van der Waals surface area contributed by atoms with E-state index in [0.717, 1.165) is 25.3 Å². The summed E-state index contributed by atoms with van der Waals surface area (Å²) in [5.41, 5.74) is 0. The molecule has 1 amide bonds. The summed E-state index contributed by atoms with van der Waals surface area (Å²) < 4.78 is 4.79. The summed E-state index contributed by atoms with van der Waals surface area (Å²) in [6, 6.07) is 0. The van der Waals surface area contributed by atoms with Gasteiger partial charge < -0.3 is 9.64 Å². The fourth-order valence-electron chi connectivity index (χ4n) is 1.01. The molecule has 0 aliphatic heterocycles. The molecule has 0 unspecified atom stereocenters. The Morgan fingerprint density at radius 2 is 1.93 bits per heavy atom. The highest BCUT2D eigenvalue weighted by molar-refractivity contribution is 5.81. The molecule has 0 aliphatic carbocycles. The lowest BCUT2D eigenvalue weighted by atomic mass is 10.2. The Balaban J connectivity index is 3.29. The van der Waals surface area contributed by atoms with Crippen molar-refractivity contribution in [3.8, 4) is 0 Å². The van der Waals surface area contributed by atoms with Crippen molar-refractivity contribution in [2.45, 2.75) is 25.7 Å². The molecule has 0 saturated heterocycles. The first kappa shape index (κ1) is 13.7. The molecule has 86 valence electrons. The van der Waals surface area contributed by atoms with E-state index in [1.807, 2.05) is 0 Å². The summed E-state index contributed by atoms with van der Waals surface area (Å²) in [6.07, 6.45) is 4.23. The Labute approximate surface area is 90.9 Å². The quantitative estimate of drug-likeness (QED) is 0.364. The topological polar surface area (TPSA) is 46.6 Å². The van der Waals surface area contributed by atoms with Gasteiger partial charge in [-0.05, 0) is 19.3 Å². The maximum atomic E-state index is 11.2. The van der Waals surface area contributed by atoms with Crippen LogP contribution in [0.5, 0.6) is 0 Å². The average Bonchev–Trinajstić information content (AvgIpc) is 2.22. The largest absolute Gasteiger partial charge is 0.463 e.